The molecule has 1 unspecified atom stereocenters. The van der Waals surface area contributed by atoms with E-state index in [0.29, 0.717) is 39.2 Å². The Morgan fingerprint density at radius 3 is 2.41 bits per heavy atom. The number of nitrogens with one attached hydrogen (secondary N) is 2. The van der Waals surface area contributed by atoms with Gasteiger partial charge in [0.05, 0.1) is 10.6 Å². The van der Waals surface area contributed by atoms with E-state index >= 15 is 0 Å². The summed E-state index contributed by atoms with van der Waals surface area (Å²) in [5.41, 5.74) is 4.58. The number of piperidine rings is 1. The summed E-state index contributed by atoms with van der Waals surface area (Å²) in [4.78, 5) is 30.1. The lowest BCUT2D eigenvalue weighted by Gasteiger charge is -2.20. The molecule has 2 N–H and O–H groups in total. The van der Waals surface area contributed by atoms with Crippen molar-refractivity contribution >= 4 is 28.6 Å². The molecule has 2 aromatic heterocycles. The maximum Gasteiger partial charge on any atom is 0.274 e. The number of rotatable bonds is 7. The van der Waals surface area contributed by atoms with Crippen molar-refractivity contribution in [3.05, 3.63) is 104 Å². The number of thiophene rings is 1. The van der Waals surface area contributed by atoms with Crippen LogP contribution in [0.15, 0.2) is 77.4 Å². The topological polar surface area (TPSA) is 66.4 Å². The fourth-order valence-corrected chi connectivity index (χ4v) is 7.50. The Hall–Kier alpha value is -3.75. The number of carbonyl (C=O) groups excluding carboxylic acids is 1. The molecule has 2 atom stereocenters. The summed E-state index contributed by atoms with van der Waals surface area (Å²) in [5, 5.41) is 5.83. The summed E-state index contributed by atoms with van der Waals surface area (Å²) in [5.74, 6) is 0.349. The lowest BCUT2D eigenvalue weighted by Crippen LogP contribution is -2.24. The number of aryl methyl sites for hydroxylation is 1. The Balaban J connectivity index is 0.000000484. The van der Waals surface area contributed by atoms with Crippen molar-refractivity contribution in [2.75, 3.05) is 30.8 Å². The minimum atomic E-state index is -0.512. The van der Waals surface area contributed by atoms with E-state index in [1.807, 2.05) is 32.1 Å². The van der Waals surface area contributed by atoms with Crippen molar-refractivity contribution in [3.63, 3.8) is 0 Å². The lowest BCUT2D eigenvalue weighted by molar-refractivity contribution is 0.103. The number of benzene rings is 1. The number of pyridine rings is 1. The highest BCUT2D eigenvalue weighted by Gasteiger charge is 2.39. The number of halogens is 1. The molecule has 3 heterocycles. The second-order valence-corrected chi connectivity index (χ2v) is 13.3. The number of fused-ring (bicyclic) bond motifs is 5. The van der Waals surface area contributed by atoms with Gasteiger partial charge in [0.25, 0.3) is 11.5 Å². The summed E-state index contributed by atoms with van der Waals surface area (Å²) in [6, 6.07) is 8.27. The molecule has 6 nitrogen and oxygen atoms in total. The first-order valence-electron chi connectivity index (χ1n) is 15.5. The fourth-order valence-electron chi connectivity index (χ4n) is 6.21. The Labute approximate surface area is 264 Å². The Bertz CT molecular complexity index is 1630. The molecule has 1 saturated heterocycles. The van der Waals surface area contributed by atoms with Crippen LogP contribution in [0.4, 0.5) is 15.8 Å². The van der Waals surface area contributed by atoms with Crippen molar-refractivity contribution < 1.29 is 9.18 Å². The highest BCUT2D eigenvalue weighted by Crippen LogP contribution is 2.55. The highest BCUT2D eigenvalue weighted by molar-refractivity contribution is 7.14. The largest absolute Gasteiger partial charge is 0.351 e. The van der Waals surface area contributed by atoms with Crippen LogP contribution in [0.25, 0.3) is 11.1 Å². The third kappa shape index (κ3) is 7.30. The normalized spacial score (nSPS) is 19.4. The molecule has 1 aromatic carbocycles. The van der Waals surface area contributed by atoms with Crippen LogP contribution in [-0.4, -0.2) is 35.5 Å². The lowest BCUT2D eigenvalue weighted by atomic mass is 9.99. The van der Waals surface area contributed by atoms with Crippen molar-refractivity contribution in [2.45, 2.75) is 64.2 Å². The monoisotopic (exact) mass is 614 g/mol. The molecular weight excluding hydrogens is 571 g/mol. The van der Waals surface area contributed by atoms with Gasteiger partial charge in [0.15, 0.2) is 0 Å². The number of likely N-dealkylation sites (tertiary alicyclic amines) is 1. The van der Waals surface area contributed by atoms with Crippen LogP contribution in [0.3, 0.4) is 0 Å². The molecule has 2 fully saturated rings. The standard InChI is InChI=1S/C30H30FN3O2S.C6H13N/c1-5-17(2)6-7-18(3)32-26-14-22(16-34(4)30(26)36)19-10-11-24(31)25(13-19)33-29(35)27-15-23-20-8-9-21(12-20)28(23)37-27;1-7-5-3-2-4-6-7/h5-7,10-11,13-16,20-21,32H,3,8-9,12H2,1-2,4H3,(H,33,35);2-6H2,1H3/b7-6-,17-5-;/t20-,21?;/m1./s1. The number of nitrogens with zero attached hydrogens (tertiary/aromatic N) is 2. The van der Waals surface area contributed by atoms with Crippen LogP contribution in [-0.2, 0) is 7.05 Å². The Morgan fingerprint density at radius 1 is 1.00 bits per heavy atom. The van der Waals surface area contributed by atoms with Crippen LogP contribution < -0.4 is 16.2 Å². The molecule has 1 aliphatic heterocycles. The molecule has 232 valence electrons. The van der Waals surface area contributed by atoms with E-state index in [1.165, 1.54) is 84.0 Å². The molecular formula is C36H43FN4O2S. The zero-order valence-electron chi connectivity index (χ0n) is 26.2. The predicted molar refractivity (Wildman–Crippen MR) is 181 cm³/mol. The van der Waals surface area contributed by atoms with Gasteiger partial charge in [0.1, 0.15) is 11.5 Å². The van der Waals surface area contributed by atoms with Crippen LogP contribution in [0.2, 0.25) is 0 Å². The molecule has 44 heavy (non-hydrogen) atoms. The maximum absolute atomic E-state index is 14.7. The van der Waals surface area contributed by atoms with Crippen molar-refractivity contribution in [1.29, 1.82) is 0 Å². The van der Waals surface area contributed by atoms with E-state index in [-0.39, 0.29) is 17.2 Å². The first-order chi connectivity index (χ1) is 21.1. The zero-order chi connectivity index (χ0) is 31.4. The van der Waals surface area contributed by atoms with Crippen molar-refractivity contribution in [3.8, 4) is 11.1 Å². The molecule has 2 aliphatic carbocycles. The van der Waals surface area contributed by atoms with Gasteiger partial charge in [-0.05, 0) is 119 Å². The van der Waals surface area contributed by atoms with Gasteiger partial charge in [-0.3, -0.25) is 9.59 Å². The molecule has 0 spiro atoms. The molecule has 1 saturated carbocycles. The Morgan fingerprint density at radius 2 is 1.73 bits per heavy atom. The van der Waals surface area contributed by atoms with Gasteiger partial charge in [0.2, 0.25) is 0 Å². The van der Waals surface area contributed by atoms with Gasteiger partial charge in [0, 0.05) is 29.4 Å². The Kier molecular flexibility index (Phi) is 10.0. The third-order valence-electron chi connectivity index (χ3n) is 8.87. The number of hydrogen-bond acceptors (Lipinski definition) is 5. The smallest absolute Gasteiger partial charge is 0.274 e. The molecule has 2 bridgehead atoms. The van der Waals surface area contributed by atoms with Gasteiger partial charge in [-0.15, -0.1) is 11.3 Å². The number of anilines is 2. The van der Waals surface area contributed by atoms with Crippen molar-refractivity contribution in [1.82, 2.24) is 9.47 Å². The summed E-state index contributed by atoms with van der Waals surface area (Å²) < 4.78 is 16.2. The predicted octanol–water partition coefficient (Wildman–Crippen LogP) is 8.42. The van der Waals surface area contributed by atoms with Gasteiger partial charge >= 0.3 is 0 Å². The second-order valence-electron chi connectivity index (χ2n) is 12.2. The SMILES string of the molecule is C=C(/C=C\C(C)=C/C)Nc1cc(-c2ccc(F)c(NC(=O)c3cc4c(s3)C3CC[C@@H]4C3)c2)cn(C)c1=O.CN1CCCCC1. The summed E-state index contributed by atoms with van der Waals surface area (Å²) in [6.45, 7) is 10.5. The minimum Gasteiger partial charge on any atom is -0.351 e. The molecule has 6 rings (SSSR count). The quantitative estimate of drug-likeness (QED) is 0.262. The average molecular weight is 615 g/mol. The van der Waals surface area contributed by atoms with Gasteiger partial charge < -0.3 is 20.1 Å². The molecule has 3 aromatic rings. The van der Waals surface area contributed by atoms with E-state index in [1.54, 1.807) is 37.5 Å². The fraction of sp³-hybridized carbons (Fsp3) is 0.389. The maximum atomic E-state index is 14.7. The molecule has 3 aliphatic rings. The number of amides is 1. The molecule has 0 radical (unpaired) electrons. The van der Waals surface area contributed by atoms with Gasteiger partial charge in [-0.1, -0.05) is 36.8 Å². The minimum absolute atomic E-state index is 0.108. The van der Waals surface area contributed by atoms with Crippen LogP contribution >= 0.6 is 11.3 Å². The molecule has 1 amide bonds. The number of aromatic nitrogens is 1. The van der Waals surface area contributed by atoms with E-state index in [2.05, 4.69) is 29.2 Å². The summed E-state index contributed by atoms with van der Waals surface area (Å²) >= 11 is 1.54. The van der Waals surface area contributed by atoms with E-state index in [9.17, 15) is 14.0 Å². The number of allylic oxidation sites excluding steroid dienone is 4. The van der Waals surface area contributed by atoms with E-state index < -0.39 is 5.82 Å². The highest BCUT2D eigenvalue weighted by atomic mass is 32.1. The molecule has 8 heteroatoms. The summed E-state index contributed by atoms with van der Waals surface area (Å²) in [6.07, 6.45) is 15.3. The van der Waals surface area contributed by atoms with E-state index in [0.717, 1.165) is 5.57 Å². The zero-order valence-corrected chi connectivity index (χ0v) is 27.0. The van der Waals surface area contributed by atoms with E-state index in [4.69, 9.17) is 0 Å². The first kappa shape index (κ1) is 31.7. The van der Waals surface area contributed by atoms with Crippen LogP contribution in [0.1, 0.15) is 84.3 Å². The first-order valence-corrected chi connectivity index (χ1v) is 16.4. The van der Waals surface area contributed by atoms with Crippen molar-refractivity contribution in [2.24, 2.45) is 7.05 Å². The number of carbonyl (C=O) groups is 1. The number of hydrogen-bond donors (Lipinski definition) is 2. The van der Waals surface area contributed by atoms with Crippen LogP contribution in [0.5, 0.6) is 0 Å². The third-order valence-corrected chi connectivity index (χ3v) is 10.2. The summed E-state index contributed by atoms with van der Waals surface area (Å²) in [7, 11) is 3.86. The average Bonchev–Trinajstić information content (AvgIpc) is 3.75. The van der Waals surface area contributed by atoms with Gasteiger partial charge in [-0.25, -0.2) is 4.39 Å². The van der Waals surface area contributed by atoms with Crippen LogP contribution in [0, 0.1) is 5.82 Å². The van der Waals surface area contributed by atoms with Gasteiger partial charge in [-0.2, -0.15) is 0 Å². The second kappa shape index (κ2) is 13.9.